The van der Waals surface area contributed by atoms with Gasteiger partial charge in [0.25, 0.3) is 0 Å². The van der Waals surface area contributed by atoms with Gasteiger partial charge in [-0.3, -0.25) is 5.41 Å². The Balaban J connectivity index is 3.02. The Labute approximate surface area is 112 Å². The lowest BCUT2D eigenvalue weighted by molar-refractivity contribution is 0.0918. The van der Waals surface area contributed by atoms with Crippen LogP contribution in [0.4, 0.5) is 0 Å². The molecule has 0 aliphatic carbocycles. The lowest BCUT2D eigenvalue weighted by atomic mass is 10.2. The van der Waals surface area contributed by atoms with E-state index in [1.165, 1.54) is 0 Å². The Bertz CT molecular complexity index is 410. The number of rotatable bonds is 7. The molecular formula is C13H20N2O2S. The van der Waals surface area contributed by atoms with Crippen molar-refractivity contribution in [1.82, 2.24) is 0 Å². The molecule has 0 saturated carbocycles. The molecule has 1 rings (SSSR count). The van der Waals surface area contributed by atoms with Gasteiger partial charge in [-0.2, -0.15) is 0 Å². The number of benzene rings is 1. The number of nitrogens with one attached hydrogen (secondary N) is 1. The largest absolute Gasteiger partial charge is 0.488 e. The molecule has 0 radical (unpaired) electrons. The number of thioether (sulfide) groups is 1. The van der Waals surface area contributed by atoms with Crippen molar-refractivity contribution < 1.29 is 9.47 Å². The van der Waals surface area contributed by atoms with Crippen molar-refractivity contribution in [2.45, 2.75) is 24.8 Å². The summed E-state index contributed by atoms with van der Waals surface area (Å²) in [5, 5.41) is 7.69. The molecule has 1 aromatic rings. The summed E-state index contributed by atoms with van der Waals surface area (Å²) >= 11 is 1.65. The van der Waals surface area contributed by atoms with Crippen molar-refractivity contribution in [3.8, 4) is 5.75 Å². The molecular weight excluding hydrogens is 248 g/mol. The minimum atomic E-state index is -0.0741. The third-order valence-corrected chi connectivity index (χ3v) is 3.23. The normalized spacial score (nSPS) is 12.2. The van der Waals surface area contributed by atoms with Gasteiger partial charge in [0, 0.05) is 12.0 Å². The Morgan fingerprint density at radius 3 is 2.78 bits per heavy atom. The second kappa shape index (κ2) is 7.28. The van der Waals surface area contributed by atoms with E-state index >= 15 is 0 Å². The summed E-state index contributed by atoms with van der Waals surface area (Å²) in [7, 11) is 1.63. The van der Waals surface area contributed by atoms with E-state index in [-0.39, 0.29) is 11.9 Å². The van der Waals surface area contributed by atoms with Gasteiger partial charge in [0.05, 0.1) is 12.2 Å². The van der Waals surface area contributed by atoms with Gasteiger partial charge in [0.1, 0.15) is 17.7 Å². The third-order valence-electron chi connectivity index (χ3n) is 2.29. The van der Waals surface area contributed by atoms with E-state index in [2.05, 4.69) is 6.92 Å². The van der Waals surface area contributed by atoms with E-state index in [1.54, 1.807) is 18.9 Å². The lowest BCUT2D eigenvalue weighted by Crippen LogP contribution is -2.21. The molecule has 0 heterocycles. The third kappa shape index (κ3) is 3.92. The molecule has 0 spiro atoms. The minimum Gasteiger partial charge on any atom is -0.488 e. The van der Waals surface area contributed by atoms with Gasteiger partial charge >= 0.3 is 0 Å². The number of methoxy groups -OCH3 is 1. The lowest BCUT2D eigenvalue weighted by Gasteiger charge is -2.18. The molecule has 0 amide bonds. The fraction of sp³-hybridized carbons (Fsp3) is 0.462. The van der Waals surface area contributed by atoms with Crippen molar-refractivity contribution >= 4 is 17.6 Å². The van der Waals surface area contributed by atoms with E-state index in [9.17, 15) is 0 Å². The number of ether oxygens (including phenoxy) is 2. The van der Waals surface area contributed by atoms with E-state index in [4.69, 9.17) is 20.6 Å². The smallest absolute Gasteiger partial charge is 0.131 e. The highest BCUT2D eigenvalue weighted by molar-refractivity contribution is 7.99. The van der Waals surface area contributed by atoms with Gasteiger partial charge < -0.3 is 15.2 Å². The summed E-state index contributed by atoms with van der Waals surface area (Å²) in [6, 6.07) is 5.71. The number of amidine groups is 1. The summed E-state index contributed by atoms with van der Waals surface area (Å²) in [6.07, 6.45) is -0.0741. The van der Waals surface area contributed by atoms with Gasteiger partial charge in [-0.25, -0.2) is 0 Å². The maximum absolute atomic E-state index is 7.69. The maximum atomic E-state index is 7.69. The summed E-state index contributed by atoms with van der Waals surface area (Å²) in [5.74, 6) is 1.61. The first kappa shape index (κ1) is 14.9. The average Bonchev–Trinajstić information content (AvgIpc) is 2.29. The molecule has 1 aromatic carbocycles. The Kier molecular flexibility index (Phi) is 6.01. The van der Waals surface area contributed by atoms with Gasteiger partial charge in [-0.05, 0) is 24.8 Å². The Morgan fingerprint density at radius 1 is 1.50 bits per heavy atom. The molecule has 0 aromatic heterocycles. The standard InChI is InChI=1S/C13H20N2O2S/c1-4-18-11-7-5-6-10(12(11)13(14)15)17-9(2)8-16-3/h5-7,9H,4,8H2,1-3H3,(H3,14,15). The molecule has 0 aliphatic rings. The van der Waals surface area contributed by atoms with Gasteiger partial charge in [-0.15, -0.1) is 11.8 Å². The minimum absolute atomic E-state index is 0.0335. The van der Waals surface area contributed by atoms with Gasteiger partial charge in [-0.1, -0.05) is 13.0 Å². The molecule has 3 N–H and O–H groups in total. The van der Waals surface area contributed by atoms with E-state index in [0.717, 1.165) is 10.6 Å². The zero-order chi connectivity index (χ0) is 13.5. The molecule has 4 nitrogen and oxygen atoms in total. The van der Waals surface area contributed by atoms with E-state index in [1.807, 2.05) is 25.1 Å². The summed E-state index contributed by atoms with van der Waals surface area (Å²) in [4.78, 5) is 0.979. The van der Waals surface area contributed by atoms with Crippen LogP contribution in [0.2, 0.25) is 0 Å². The van der Waals surface area contributed by atoms with Crippen LogP contribution in [0.5, 0.6) is 5.75 Å². The van der Waals surface area contributed by atoms with Crippen LogP contribution in [0.1, 0.15) is 19.4 Å². The summed E-state index contributed by atoms with van der Waals surface area (Å²) in [6.45, 7) is 4.49. The van der Waals surface area contributed by atoms with Crippen LogP contribution in [0.25, 0.3) is 0 Å². The van der Waals surface area contributed by atoms with Crippen molar-refractivity contribution in [2.24, 2.45) is 5.73 Å². The Hall–Kier alpha value is -1.20. The number of nitrogens with two attached hydrogens (primary N) is 1. The predicted octanol–water partition coefficient (Wildman–Crippen LogP) is 2.50. The van der Waals surface area contributed by atoms with Gasteiger partial charge in [0.2, 0.25) is 0 Å². The van der Waals surface area contributed by atoms with E-state index in [0.29, 0.717) is 17.9 Å². The SMILES string of the molecule is CCSc1cccc(OC(C)COC)c1C(=N)N. The maximum Gasteiger partial charge on any atom is 0.131 e. The summed E-state index contributed by atoms with van der Waals surface area (Å²) < 4.78 is 10.8. The molecule has 5 heteroatoms. The van der Waals surface area contributed by atoms with Crippen molar-refractivity contribution in [3.05, 3.63) is 23.8 Å². The number of nitrogen functional groups attached to an aromatic ring is 1. The zero-order valence-electron chi connectivity index (χ0n) is 11.0. The van der Waals surface area contributed by atoms with E-state index < -0.39 is 0 Å². The van der Waals surface area contributed by atoms with Crippen LogP contribution in [-0.2, 0) is 4.74 Å². The zero-order valence-corrected chi connectivity index (χ0v) is 11.8. The first-order valence-electron chi connectivity index (χ1n) is 5.85. The molecule has 18 heavy (non-hydrogen) atoms. The summed E-state index contributed by atoms with van der Waals surface area (Å²) in [5.41, 5.74) is 6.33. The highest BCUT2D eigenvalue weighted by Crippen LogP contribution is 2.30. The van der Waals surface area contributed by atoms with Crippen molar-refractivity contribution in [1.29, 1.82) is 5.41 Å². The monoisotopic (exact) mass is 268 g/mol. The van der Waals surface area contributed by atoms with Crippen LogP contribution in [0.15, 0.2) is 23.1 Å². The van der Waals surface area contributed by atoms with Crippen LogP contribution < -0.4 is 10.5 Å². The Morgan fingerprint density at radius 2 is 2.22 bits per heavy atom. The fourth-order valence-corrected chi connectivity index (χ4v) is 2.48. The molecule has 100 valence electrons. The molecule has 1 unspecified atom stereocenters. The van der Waals surface area contributed by atoms with Crippen LogP contribution in [0.3, 0.4) is 0 Å². The van der Waals surface area contributed by atoms with Crippen molar-refractivity contribution in [2.75, 3.05) is 19.5 Å². The molecule has 0 aliphatic heterocycles. The second-order valence-corrected chi connectivity index (χ2v) is 5.17. The highest BCUT2D eigenvalue weighted by atomic mass is 32.2. The first-order valence-corrected chi connectivity index (χ1v) is 6.84. The number of hydrogen-bond donors (Lipinski definition) is 2. The van der Waals surface area contributed by atoms with Crippen LogP contribution in [-0.4, -0.2) is 31.4 Å². The van der Waals surface area contributed by atoms with Gasteiger partial charge in [0.15, 0.2) is 0 Å². The van der Waals surface area contributed by atoms with Crippen molar-refractivity contribution in [3.63, 3.8) is 0 Å². The molecule has 1 atom stereocenters. The van der Waals surface area contributed by atoms with Crippen LogP contribution in [0, 0.1) is 5.41 Å². The number of hydrogen-bond acceptors (Lipinski definition) is 4. The first-order chi connectivity index (χ1) is 8.60. The molecule has 0 saturated heterocycles. The molecule has 0 bridgehead atoms. The topological polar surface area (TPSA) is 68.3 Å². The second-order valence-electron chi connectivity index (χ2n) is 3.86. The quantitative estimate of drug-likeness (QED) is 0.453. The fourth-order valence-electron chi connectivity index (χ4n) is 1.64. The van der Waals surface area contributed by atoms with Crippen LogP contribution >= 0.6 is 11.8 Å². The average molecular weight is 268 g/mol. The molecule has 0 fully saturated rings. The predicted molar refractivity (Wildman–Crippen MR) is 75.8 cm³/mol. The highest BCUT2D eigenvalue weighted by Gasteiger charge is 2.14.